The van der Waals surface area contributed by atoms with E-state index in [0.29, 0.717) is 29.3 Å². The van der Waals surface area contributed by atoms with E-state index in [1.807, 2.05) is 0 Å². The Hall–Kier alpha value is -0.820. The van der Waals surface area contributed by atoms with Crippen molar-refractivity contribution in [1.29, 1.82) is 0 Å². The molecule has 3 N–H and O–H groups in total. The average Bonchev–Trinajstić information content (AvgIpc) is 2.32. The summed E-state index contributed by atoms with van der Waals surface area (Å²) >= 11 is 5.95. The van der Waals surface area contributed by atoms with Gasteiger partial charge in [0.05, 0.1) is 4.90 Å². The van der Waals surface area contributed by atoms with Gasteiger partial charge in [0.15, 0.2) is 0 Å². The van der Waals surface area contributed by atoms with E-state index < -0.39 is 10.0 Å². The van der Waals surface area contributed by atoms with Crippen LogP contribution in [0.1, 0.15) is 18.9 Å². The van der Waals surface area contributed by atoms with E-state index in [0.717, 1.165) is 0 Å². The molecule has 5 nitrogen and oxygen atoms in total. The van der Waals surface area contributed by atoms with Crippen molar-refractivity contribution in [3.8, 4) is 0 Å². The highest BCUT2D eigenvalue weighted by Gasteiger charge is 2.19. The molecule has 0 bridgehead atoms. The minimum absolute atomic E-state index is 0.0740. The SMILES string of the molecule is COCCC(C)NS(=O)(=O)c1cc(N)c(C)c(Cl)c1. The van der Waals surface area contributed by atoms with E-state index in [1.165, 1.54) is 12.1 Å². The van der Waals surface area contributed by atoms with Gasteiger partial charge >= 0.3 is 0 Å². The number of sulfonamides is 1. The molecule has 0 aliphatic heterocycles. The van der Waals surface area contributed by atoms with Crippen molar-refractivity contribution >= 4 is 27.3 Å². The zero-order valence-corrected chi connectivity index (χ0v) is 12.8. The van der Waals surface area contributed by atoms with Gasteiger partial charge < -0.3 is 10.5 Å². The van der Waals surface area contributed by atoms with Crippen LogP contribution in [0.15, 0.2) is 17.0 Å². The summed E-state index contributed by atoms with van der Waals surface area (Å²) in [6.45, 7) is 4.00. The molecule has 0 amide bonds. The second-order valence-corrected chi connectivity index (χ2v) is 6.54. The minimum atomic E-state index is -3.62. The molecular formula is C12H19ClN2O3S. The first-order valence-corrected chi connectivity index (χ1v) is 7.71. The highest BCUT2D eigenvalue weighted by Crippen LogP contribution is 2.26. The van der Waals surface area contributed by atoms with E-state index in [4.69, 9.17) is 22.1 Å². The van der Waals surface area contributed by atoms with Crippen LogP contribution in [0.25, 0.3) is 0 Å². The van der Waals surface area contributed by atoms with E-state index in [-0.39, 0.29) is 10.9 Å². The molecule has 0 saturated heterocycles. The fourth-order valence-corrected chi connectivity index (χ4v) is 3.15. The Kier molecular flexibility index (Phi) is 5.61. The van der Waals surface area contributed by atoms with Gasteiger partial charge in [-0.25, -0.2) is 13.1 Å². The summed E-state index contributed by atoms with van der Waals surface area (Å²) in [5, 5.41) is 0.338. The number of hydrogen-bond donors (Lipinski definition) is 2. The molecule has 0 fully saturated rings. The lowest BCUT2D eigenvalue weighted by molar-refractivity contribution is 0.188. The summed E-state index contributed by atoms with van der Waals surface area (Å²) < 4.78 is 31.8. The average molecular weight is 307 g/mol. The number of hydrogen-bond acceptors (Lipinski definition) is 4. The van der Waals surface area contributed by atoms with Crippen LogP contribution in [0.3, 0.4) is 0 Å². The Bertz CT molecular complexity index is 523. The van der Waals surface area contributed by atoms with Crippen molar-refractivity contribution in [2.45, 2.75) is 31.2 Å². The van der Waals surface area contributed by atoms with Crippen LogP contribution < -0.4 is 10.5 Å². The molecule has 108 valence electrons. The molecule has 1 aromatic rings. The highest BCUT2D eigenvalue weighted by molar-refractivity contribution is 7.89. The number of rotatable bonds is 6. The first-order valence-electron chi connectivity index (χ1n) is 5.85. The maximum atomic E-state index is 12.2. The molecule has 1 unspecified atom stereocenters. The fourth-order valence-electron chi connectivity index (χ4n) is 1.52. The van der Waals surface area contributed by atoms with Crippen LogP contribution in [-0.2, 0) is 14.8 Å². The van der Waals surface area contributed by atoms with Crippen LogP contribution in [0, 0.1) is 6.92 Å². The van der Waals surface area contributed by atoms with E-state index in [1.54, 1.807) is 21.0 Å². The zero-order chi connectivity index (χ0) is 14.6. The van der Waals surface area contributed by atoms with Gasteiger partial charge in [0.1, 0.15) is 0 Å². The van der Waals surface area contributed by atoms with E-state index in [2.05, 4.69) is 4.72 Å². The summed E-state index contributed by atoms with van der Waals surface area (Å²) in [5.41, 5.74) is 6.77. The normalized spacial score (nSPS) is 13.5. The predicted octanol–water partition coefficient (Wildman–Crippen LogP) is 1.93. The molecule has 0 saturated carbocycles. The van der Waals surface area contributed by atoms with Gasteiger partial charge in [0.25, 0.3) is 0 Å². The molecule has 19 heavy (non-hydrogen) atoms. The maximum absolute atomic E-state index is 12.2. The summed E-state index contributed by atoms with van der Waals surface area (Å²) in [6.07, 6.45) is 0.588. The largest absolute Gasteiger partial charge is 0.398 e. The standard InChI is InChI=1S/C12H19ClN2O3S/c1-8(4-5-18-3)15-19(16,17)10-6-11(13)9(2)12(14)7-10/h6-8,15H,4-5,14H2,1-3H3. The number of nitrogens with two attached hydrogens (primary N) is 1. The third-order valence-corrected chi connectivity index (χ3v) is 4.74. The Labute approximate surface area is 119 Å². The maximum Gasteiger partial charge on any atom is 0.240 e. The number of benzene rings is 1. The van der Waals surface area contributed by atoms with Gasteiger partial charge in [-0.2, -0.15) is 0 Å². The zero-order valence-electron chi connectivity index (χ0n) is 11.2. The second-order valence-electron chi connectivity index (χ2n) is 4.42. The number of methoxy groups -OCH3 is 1. The molecule has 0 spiro atoms. The number of anilines is 1. The Morgan fingerprint density at radius 1 is 1.47 bits per heavy atom. The summed E-state index contributed by atoms with van der Waals surface area (Å²) in [4.78, 5) is 0.0740. The Morgan fingerprint density at radius 2 is 2.11 bits per heavy atom. The first kappa shape index (κ1) is 16.2. The van der Waals surface area contributed by atoms with Gasteiger partial charge in [0, 0.05) is 30.5 Å². The molecule has 1 rings (SSSR count). The highest BCUT2D eigenvalue weighted by atomic mass is 35.5. The van der Waals surface area contributed by atoms with Gasteiger partial charge in [0.2, 0.25) is 10.0 Å². The third kappa shape index (κ3) is 4.35. The number of halogens is 1. The van der Waals surface area contributed by atoms with Crippen LogP contribution in [0.2, 0.25) is 5.02 Å². The van der Waals surface area contributed by atoms with Gasteiger partial charge in [-0.15, -0.1) is 0 Å². The predicted molar refractivity (Wildman–Crippen MR) is 76.9 cm³/mol. The third-order valence-electron chi connectivity index (χ3n) is 2.78. The second kappa shape index (κ2) is 6.56. The van der Waals surface area contributed by atoms with Crippen LogP contribution >= 0.6 is 11.6 Å². The van der Waals surface area contributed by atoms with Crippen molar-refractivity contribution < 1.29 is 13.2 Å². The molecule has 0 radical (unpaired) electrons. The fraction of sp³-hybridized carbons (Fsp3) is 0.500. The molecule has 7 heteroatoms. The molecular weight excluding hydrogens is 288 g/mol. The van der Waals surface area contributed by atoms with Gasteiger partial charge in [-0.05, 0) is 38.0 Å². The molecule has 0 aliphatic carbocycles. The number of nitrogen functional groups attached to an aromatic ring is 1. The lowest BCUT2D eigenvalue weighted by atomic mass is 10.2. The van der Waals surface area contributed by atoms with Crippen LogP contribution in [-0.4, -0.2) is 28.2 Å². The number of ether oxygens (including phenoxy) is 1. The van der Waals surface area contributed by atoms with Crippen molar-refractivity contribution in [2.24, 2.45) is 0 Å². The molecule has 0 aromatic heterocycles. The molecule has 0 heterocycles. The van der Waals surface area contributed by atoms with Crippen LogP contribution in [0.5, 0.6) is 0 Å². The lowest BCUT2D eigenvalue weighted by Crippen LogP contribution is -2.33. The summed E-state index contributed by atoms with van der Waals surface area (Å²) in [6, 6.07) is 2.58. The summed E-state index contributed by atoms with van der Waals surface area (Å²) in [5.74, 6) is 0. The summed E-state index contributed by atoms with van der Waals surface area (Å²) in [7, 11) is -2.05. The van der Waals surface area contributed by atoms with Crippen molar-refractivity contribution in [3.63, 3.8) is 0 Å². The first-order chi connectivity index (χ1) is 8.77. The smallest absolute Gasteiger partial charge is 0.240 e. The van der Waals surface area contributed by atoms with Crippen molar-refractivity contribution in [3.05, 3.63) is 22.7 Å². The topological polar surface area (TPSA) is 81.4 Å². The lowest BCUT2D eigenvalue weighted by Gasteiger charge is -2.15. The monoisotopic (exact) mass is 306 g/mol. The van der Waals surface area contributed by atoms with Gasteiger partial charge in [-0.3, -0.25) is 0 Å². The molecule has 1 aromatic carbocycles. The van der Waals surface area contributed by atoms with Crippen molar-refractivity contribution in [2.75, 3.05) is 19.5 Å². The Morgan fingerprint density at radius 3 is 2.63 bits per heavy atom. The van der Waals surface area contributed by atoms with E-state index >= 15 is 0 Å². The van der Waals surface area contributed by atoms with E-state index in [9.17, 15) is 8.42 Å². The number of nitrogens with one attached hydrogen (secondary N) is 1. The Balaban J connectivity index is 2.95. The van der Waals surface area contributed by atoms with Gasteiger partial charge in [-0.1, -0.05) is 11.6 Å². The van der Waals surface area contributed by atoms with Crippen LogP contribution in [0.4, 0.5) is 5.69 Å². The molecule has 1 atom stereocenters. The molecule has 0 aliphatic rings. The van der Waals surface area contributed by atoms with Crippen molar-refractivity contribution in [1.82, 2.24) is 4.72 Å². The quantitative estimate of drug-likeness (QED) is 0.787. The minimum Gasteiger partial charge on any atom is -0.398 e.